The van der Waals surface area contributed by atoms with Crippen LogP contribution in [0, 0.1) is 6.92 Å². The van der Waals surface area contributed by atoms with Gasteiger partial charge in [-0.05, 0) is 80.0 Å². The summed E-state index contributed by atoms with van der Waals surface area (Å²) < 4.78 is 7.50. The summed E-state index contributed by atoms with van der Waals surface area (Å²) in [6, 6.07) is 17.6. The molecule has 4 amide bonds. The van der Waals surface area contributed by atoms with Gasteiger partial charge < -0.3 is 15.0 Å². The Hall–Kier alpha value is -5.01. The molecule has 0 bridgehead atoms. The van der Waals surface area contributed by atoms with Gasteiger partial charge in [0, 0.05) is 46.1 Å². The number of piperidine rings is 1. The lowest BCUT2D eigenvalue weighted by Crippen LogP contribution is -2.52. The van der Waals surface area contributed by atoms with Gasteiger partial charge in [0.05, 0.1) is 24.9 Å². The Balaban J connectivity index is 0.978. The molecule has 1 unspecified atom stereocenters. The minimum Gasteiger partial charge on any atom is -0.497 e. The highest BCUT2D eigenvalue weighted by Crippen LogP contribution is 2.36. The van der Waals surface area contributed by atoms with Crippen molar-refractivity contribution in [1.82, 2.24) is 30.3 Å². The molecule has 14 heteroatoms. The molecular weight excluding hydrogens is 690 g/mol. The van der Waals surface area contributed by atoms with Crippen molar-refractivity contribution in [3.8, 4) is 11.4 Å². The van der Waals surface area contributed by atoms with Crippen LogP contribution in [0.1, 0.15) is 76.8 Å². The molecule has 3 aromatic carbocycles. The van der Waals surface area contributed by atoms with Gasteiger partial charge in [0.25, 0.3) is 5.91 Å². The summed E-state index contributed by atoms with van der Waals surface area (Å²) in [7, 11) is 1.62. The maximum absolute atomic E-state index is 13.4. The van der Waals surface area contributed by atoms with Crippen molar-refractivity contribution in [2.45, 2.75) is 62.6 Å². The average molecular weight is 726 g/mol. The maximum Gasteiger partial charge on any atom is 0.255 e. The number of nitrogens with zero attached hydrogens (tertiary/aromatic N) is 5. The Kier molecular flexibility index (Phi) is 9.92. The summed E-state index contributed by atoms with van der Waals surface area (Å²) in [5.74, 6) is 1.69. The number of aliphatic imine (C=N–C) groups is 1. The van der Waals surface area contributed by atoms with Gasteiger partial charge in [-0.25, -0.2) is 0 Å². The number of aromatic nitrogens is 3. The van der Waals surface area contributed by atoms with Crippen LogP contribution in [-0.4, -0.2) is 74.5 Å². The van der Waals surface area contributed by atoms with Gasteiger partial charge >= 0.3 is 0 Å². The number of unbranched alkanes of at least 4 members (excludes halogenated alkanes) is 1. The molecule has 2 N–H and O–H groups in total. The summed E-state index contributed by atoms with van der Waals surface area (Å²) in [6.07, 6.45) is 2.24. The van der Waals surface area contributed by atoms with Gasteiger partial charge in [-0.3, -0.25) is 34.1 Å². The van der Waals surface area contributed by atoms with Crippen molar-refractivity contribution in [2.75, 3.05) is 19.4 Å². The second kappa shape index (κ2) is 14.7. The molecule has 51 heavy (non-hydrogen) atoms. The van der Waals surface area contributed by atoms with E-state index >= 15 is 0 Å². The van der Waals surface area contributed by atoms with Crippen LogP contribution in [-0.2, 0) is 20.9 Å². The number of rotatable bonds is 11. The SMILES string of the molecule is COc1ccc2c(c1)C(c1ccc(Cl)cc1)=N[C@@H](CC(=O)NCCCCSc1cccc3c1CN(C1CCC(=O)NC1=O)C3=O)c1nnc(C)n1-2. The second-order valence-electron chi connectivity index (χ2n) is 12.6. The van der Waals surface area contributed by atoms with Gasteiger partial charge in [-0.2, -0.15) is 0 Å². The fraction of sp³-hybridized carbons (Fsp3) is 0.324. The van der Waals surface area contributed by atoms with E-state index in [0.29, 0.717) is 53.2 Å². The Morgan fingerprint density at radius 2 is 1.88 bits per heavy atom. The standard InChI is InChI=1S/C37H36ClN7O5S/c1-21-42-43-35-28(40-34(22-8-10-23(38)11-9-22)26-18-24(50-2)12-13-29(26)45(21)35)19-33(47)39-16-3-4-17-51-31-7-5-6-25-27(31)20-44(37(25)49)30-14-15-32(46)41-36(30)48/h5-13,18,28,30H,3-4,14-17,19-20H2,1-2H3,(H,39,47)(H,41,46,48)/t28-,30?/m0/s1. The first-order chi connectivity index (χ1) is 24.7. The van der Waals surface area contributed by atoms with Gasteiger partial charge in [0.1, 0.15) is 23.7 Å². The van der Waals surface area contributed by atoms with E-state index in [-0.39, 0.29) is 30.6 Å². The molecule has 12 nitrogen and oxygen atoms in total. The number of imide groups is 1. The number of carbonyl (C=O) groups is 4. The molecule has 0 saturated carbocycles. The predicted octanol–water partition coefficient (Wildman–Crippen LogP) is 4.97. The van der Waals surface area contributed by atoms with Crippen molar-refractivity contribution in [2.24, 2.45) is 4.99 Å². The van der Waals surface area contributed by atoms with Crippen LogP contribution in [0.4, 0.5) is 0 Å². The van der Waals surface area contributed by atoms with E-state index in [1.807, 2.05) is 66.1 Å². The molecule has 1 fully saturated rings. The number of amides is 4. The summed E-state index contributed by atoms with van der Waals surface area (Å²) in [5.41, 5.74) is 4.75. The van der Waals surface area contributed by atoms with Crippen molar-refractivity contribution in [1.29, 1.82) is 0 Å². The zero-order chi connectivity index (χ0) is 35.6. The number of ether oxygens (including phenoxy) is 1. The zero-order valence-corrected chi connectivity index (χ0v) is 29.7. The van der Waals surface area contributed by atoms with E-state index in [0.717, 1.165) is 45.9 Å². The largest absolute Gasteiger partial charge is 0.497 e. The van der Waals surface area contributed by atoms with Crippen molar-refractivity contribution >= 4 is 52.7 Å². The minimum atomic E-state index is -0.643. The van der Waals surface area contributed by atoms with Crippen LogP contribution in [0.25, 0.3) is 5.69 Å². The molecule has 262 valence electrons. The van der Waals surface area contributed by atoms with Crippen molar-refractivity contribution in [3.05, 3.63) is 99.6 Å². The molecule has 1 aromatic heterocycles. The van der Waals surface area contributed by atoms with Crippen LogP contribution in [0.2, 0.25) is 5.02 Å². The first-order valence-corrected chi connectivity index (χ1v) is 18.2. The number of fused-ring (bicyclic) bond motifs is 4. The van der Waals surface area contributed by atoms with Crippen LogP contribution < -0.4 is 15.4 Å². The monoisotopic (exact) mass is 725 g/mol. The third-order valence-corrected chi connectivity index (χ3v) is 10.8. The van der Waals surface area contributed by atoms with Gasteiger partial charge in [0.15, 0.2) is 5.82 Å². The fourth-order valence-electron chi connectivity index (χ4n) is 6.75. The quantitative estimate of drug-likeness (QED) is 0.125. The Morgan fingerprint density at radius 1 is 1.06 bits per heavy atom. The summed E-state index contributed by atoms with van der Waals surface area (Å²) >= 11 is 7.87. The normalized spacial score (nSPS) is 18.0. The predicted molar refractivity (Wildman–Crippen MR) is 193 cm³/mol. The number of aryl methyl sites for hydroxylation is 1. The maximum atomic E-state index is 13.4. The number of hydrogen-bond acceptors (Lipinski definition) is 9. The summed E-state index contributed by atoms with van der Waals surface area (Å²) in [6.45, 7) is 2.72. The van der Waals surface area contributed by atoms with Crippen LogP contribution in [0.15, 0.2) is 70.6 Å². The lowest BCUT2D eigenvalue weighted by Gasteiger charge is -2.29. The molecule has 2 atom stereocenters. The second-order valence-corrected chi connectivity index (χ2v) is 14.2. The molecule has 3 aliphatic heterocycles. The van der Waals surface area contributed by atoms with E-state index in [4.69, 9.17) is 21.3 Å². The van der Waals surface area contributed by atoms with E-state index in [2.05, 4.69) is 20.8 Å². The molecule has 7 rings (SSSR count). The van der Waals surface area contributed by atoms with Gasteiger partial charge in [-0.1, -0.05) is 29.8 Å². The number of thioether (sulfide) groups is 1. The van der Waals surface area contributed by atoms with E-state index in [1.165, 1.54) is 0 Å². The number of nitrogens with one attached hydrogen (secondary N) is 2. The van der Waals surface area contributed by atoms with Crippen LogP contribution in [0.5, 0.6) is 5.75 Å². The topological polar surface area (TPSA) is 148 Å². The molecule has 0 spiro atoms. The molecular formula is C37H36ClN7O5S. The number of carbonyl (C=O) groups excluding carboxylic acids is 4. The Labute approximate surface area is 304 Å². The number of hydrogen-bond donors (Lipinski definition) is 2. The van der Waals surface area contributed by atoms with Gasteiger partial charge in [-0.15, -0.1) is 22.0 Å². The molecule has 4 heterocycles. The number of halogens is 1. The zero-order valence-electron chi connectivity index (χ0n) is 28.1. The van der Waals surface area contributed by atoms with Crippen molar-refractivity contribution in [3.63, 3.8) is 0 Å². The first-order valence-electron chi connectivity index (χ1n) is 16.8. The Bertz CT molecular complexity index is 2060. The van der Waals surface area contributed by atoms with Gasteiger partial charge in [0.2, 0.25) is 17.7 Å². The highest BCUT2D eigenvalue weighted by molar-refractivity contribution is 7.99. The smallest absolute Gasteiger partial charge is 0.255 e. The molecule has 1 saturated heterocycles. The number of methoxy groups -OCH3 is 1. The average Bonchev–Trinajstić information content (AvgIpc) is 3.63. The first kappa shape index (κ1) is 34.4. The third kappa shape index (κ3) is 7.00. The highest BCUT2D eigenvalue weighted by Gasteiger charge is 2.40. The highest BCUT2D eigenvalue weighted by atomic mass is 35.5. The molecule has 3 aliphatic rings. The fourth-order valence-corrected chi connectivity index (χ4v) is 7.97. The van der Waals surface area contributed by atoms with E-state index < -0.39 is 18.0 Å². The summed E-state index contributed by atoms with van der Waals surface area (Å²) in [4.78, 5) is 58.3. The lowest BCUT2D eigenvalue weighted by molar-refractivity contribution is -0.137. The van der Waals surface area contributed by atoms with E-state index in [9.17, 15) is 19.2 Å². The summed E-state index contributed by atoms with van der Waals surface area (Å²) in [5, 5.41) is 14.8. The number of benzene rings is 3. The van der Waals surface area contributed by atoms with Crippen LogP contribution >= 0.6 is 23.4 Å². The van der Waals surface area contributed by atoms with Crippen molar-refractivity contribution < 1.29 is 23.9 Å². The molecule has 0 radical (unpaired) electrons. The molecule has 0 aliphatic carbocycles. The third-order valence-electron chi connectivity index (χ3n) is 9.32. The Morgan fingerprint density at radius 3 is 2.67 bits per heavy atom. The van der Waals surface area contributed by atoms with E-state index in [1.54, 1.807) is 29.8 Å². The molecule has 4 aromatic rings. The lowest BCUT2D eigenvalue weighted by atomic mass is 10.00. The van der Waals surface area contributed by atoms with Crippen LogP contribution in [0.3, 0.4) is 0 Å². The minimum absolute atomic E-state index is 0.0863.